The Morgan fingerprint density at radius 1 is 1.30 bits per heavy atom. The van der Waals surface area contributed by atoms with Gasteiger partial charge in [0, 0.05) is 3.57 Å². The molecule has 20 heavy (non-hydrogen) atoms. The molecule has 104 valence electrons. The van der Waals surface area contributed by atoms with Gasteiger partial charge in [-0.15, -0.1) is 11.6 Å². The van der Waals surface area contributed by atoms with Gasteiger partial charge in [-0.2, -0.15) is 0 Å². The first-order valence-corrected chi connectivity index (χ1v) is 7.83. The molecular weight excluding hydrogens is 389 g/mol. The molecule has 0 aliphatic heterocycles. The van der Waals surface area contributed by atoms with Crippen molar-refractivity contribution in [3.05, 3.63) is 44.9 Å². The van der Waals surface area contributed by atoms with Crippen LogP contribution >= 0.6 is 34.2 Å². The second-order valence-electron chi connectivity index (χ2n) is 4.63. The number of benzene rings is 1. The molecule has 0 saturated heterocycles. The Labute approximate surface area is 135 Å². The van der Waals surface area contributed by atoms with Crippen molar-refractivity contribution < 1.29 is 4.42 Å². The summed E-state index contributed by atoms with van der Waals surface area (Å²) in [6.07, 6.45) is 0. The summed E-state index contributed by atoms with van der Waals surface area (Å²) >= 11 is 8.29. The van der Waals surface area contributed by atoms with E-state index in [2.05, 4.69) is 55.3 Å². The number of rotatable bonds is 3. The second kappa shape index (κ2) is 5.37. The number of aryl methyl sites for hydroxylation is 2. The van der Waals surface area contributed by atoms with Gasteiger partial charge < -0.3 is 8.98 Å². The molecule has 0 N–H and O–H groups in total. The minimum Gasteiger partial charge on any atom is -0.444 e. The third-order valence-corrected chi connectivity index (χ3v) is 4.19. The van der Waals surface area contributed by atoms with Crippen molar-refractivity contribution in [3.8, 4) is 0 Å². The van der Waals surface area contributed by atoms with Crippen LogP contribution in [0.3, 0.4) is 0 Å². The Hall–Kier alpha value is -1.08. The third kappa shape index (κ3) is 2.44. The van der Waals surface area contributed by atoms with Gasteiger partial charge in [-0.3, -0.25) is 0 Å². The van der Waals surface area contributed by atoms with E-state index in [9.17, 15) is 0 Å². The number of aromatic nitrogens is 3. The normalized spacial score (nSPS) is 11.4. The second-order valence-corrected chi connectivity index (χ2v) is 6.14. The third-order valence-electron chi connectivity index (χ3n) is 3.28. The Morgan fingerprint density at radius 2 is 2.10 bits per heavy atom. The van der Waals surface area contributed by atoms with Crippen LogP contribution in [-0.2, 0) is 12.4 Å². The molecule has 2 aromatic heterocycles. The lowest BCUT2D eigenvalue weighted by Crippen LogP contribution is -2.04. The van der Waals surface area contributed by atoms with E-state index in [4.69, 9.17) is 16.0 Å². The van der Waals surface area contributed by atoms with Gasteiger partial charge in [0.05, 0.1) is 22.6 Å². The summed E-state index contributed by atoms with van der Waals surface area (Å²) in [4.78, 5) is 9.00. The predicted molar refractivity (Wildman–Crippen MR) is 87.1 cm³/mol. The summed E-state index contributed by atoms with van der Waals surface area (Å²) in [7, 11) is 0. The van der Waals surface area contributed by atoms with Crippen LogP contribution in [0.15, 0.2) is 22.6 Å². The van der Waals surface area contributed by atoms with Crippen LogP contribution in [0.1, 0.15) is 23.2 Å². The van der Waals surface area contributed by atoms with Crippen LogP contribution < -0.4 is 0 Å². The fourth-order valence-corrected chi connectivity index (χ4v) is 2.85. The molecule has 0 aliphatic rings. The maximum absolute atomic E-state index is 6.01. The highest BCUT2D eigenvalue weighted by atomic mass is 127. The zero-order valence-electron chi connectivity index (χ0n) is 11.2. The van der Waals surface area contributed by atoms with Crippen LogP contribution in [0.2, 0.25) is 0 Å². The zero-order valence-corrected chi connectivity index (χ0v) is 14.1. The number of fused-ring (bicyclic) bond motifs is 1. The highest BCUT2D eigenvalue weighted by Gasteiger charge is 2.14. The highest BCUT2D eigenvalue weighted by molar-refractivity contribution is 14.1. The van der Waals surface area contributed by atoms with Crippen molar-refractivity contribution in [1.29, 1.82) is 0 Å². The summed E-state index contributed by atoms with van der Waals surface area (Å²) in [5, 5.41) is 0. The predicted octanol–water partition coefficient (Wildman–Crippen LogP) is 4.03. The molecule has 3 rings (SSSR count). The van der Waals surface area contributed by atoms with E-state index in [0.717, 1.165) is 31.9 Å². The number of imidazole rings is 1. The van der Waals surface area contributed by atoms with Gasteiger partial charge in [0.2, 0.25) is 5.89 Å². The highest BCUT2D eigenvalue weighted by Crippen LogP contribution is 2.22. The van der Waals surface area contributed by atoms with Gasteiger partial charge in [-0.1, -0.05) is 0 Å². The SMILES string of the molecule is Cc1nc(Cn2c(CCl)nc3cc(I)ccc32)oc1C. The minimum atomic E-state index is 0.365. The molecule has 0 saturated carbocycles. The maximum atomic E-state index is 6.01. The summed E-state index contributed by atoms with van der Waals surface area (Å²) in [6, 6.07) is 6.17. The van der Waals surface area contributed by atoms with Gasteiger partial charge >= 0.3 is 0 Å². The molecule has 0 unspecified atom stereocenters. The van der Waals surface area contributed by atoms with Crippen molar-refractivity contribution in [3.63, 3.8) is 0 Å². The van der Waals surface area contributed by atoms with E-state index in [1.54, 1.807) is 0 Å². The number of hydrogen-bond donors (Lipinski definition) is 0. The largest absolute Gasteiger partial charge is 0.444 e. The number of hydrogen-bond acceptors (Lipinski definition) is 3. The molecule has 0 atom stereocenters. The molecule has 6 heteroatoms. The van der Waals surface area contributed by atoms with Crippen molar-refractivity contribution in [2.45, 2.75) is 26.3 Å². The van der Waals surface area contributed by atoms with Crippen LogP contribution in [-0.4, -0.2) is 14.5 Å². The fourth-order valence-electron chi connectivity index (χ4n) is 2.17. The molecule has 0 fully saturated rings. The van der Waals surface area contributed by atoms with Gasteiger partial charge in [0.25, 0.3) is 0 Å². The topological polar surface area (TPSA) is 43.9 Å². The van der Waals surface area contributed by atoms with Gasteiger partial charge in [-0.05, 0) is 54.6 Å². The van der Waals surface area contributed by atoms with Crippen LogP contribution in [0.4, 0.5) is 0 Å². The smallest absolute Gasteiger partial charge is 0.214 e. The first-order chi connectivity index (χ1) is 9.58. The van der Waals surface area contributed by atoms with E-state index >= 15 is 0 Å². The minimum absolute atomic E-state index is 0.365. The molecule has 0 radical (unpaired) electrons. The molecule has 0 spiro atoms. The quantitative estimate of drug-likeness (QED) is 0.491. The van der Waals surface area contributed by atoms with Crippen molar-refractivity contribution in [2.24, 2.45) is 0 Å². The molecule has 0 aliphatic carbocycles. The molecule has 4 nitrogen and oxygen atoms in total. The van der Waals surface area contributed by atoms with Crippen molar-refractivity contribution in [2.75, 3.05) is 0 Å². The summed E-state index contributed by atoms with van der Waals surface area (Å²) in [5.41, 5.74) is 2.92. The first kappa shape index (κ1) is 13.9. The average molecular weight is 402 g/mol. The van der Waals surface area contributed by atoms with E-state index in [1.165, 1.54) is 0 Å². The van der Waals surface area contributed by atoms with E-state index in [0.29, 0.717) is 18.3 Å². The van der Waals surface area contributed by atoms with Crippen LogP contribution in [0.5, 0.6) is 0 Å². The first-order valence-electron chi connectivity index (χ1n) is 6.22. The standard InChI is InChI=1S/C14H13ClIN3O/c1-8-9(2)20-14(17-8)7-19-12-4-3-10(16)5-11(12)18-13(19)6-15/h3-5H,6-7H2,1-2H3. The molecular formula is C14H13ClIN3O. The summed E-state index contributed by atoms with van der Waals surface area (Å²) < 4.78 is 8.87. The average Bonchev–Trinajstić information content (AvgIpc) is 2.91. The van der Waals surface area contributed by atoms with Crippen molar-refractivity contribution in [1.82, 2.24) is 14.5 Å². The van der Waals surface area contributed by atoms with Gasteiger partial charge in [0.15, 0.2) is 0 Å². The molecule has 2 heterocycles. The van der Waals surface area contributed by atoms with Gasteiger partial charge in [0.1, 0.15) is 18.1 Å². The monoisotopic (exact) mass is 401 g/mol. The van der Waals surface area contributed by atoms with Crippen LogP contribution in [0, 0.1) is 17.4 Å². The number of oxazole rings is 1. The number of alkyl halides is 1. The number of halogens is 2. The molecule has 0 amide bonds. The summed E-state index contributed by atoms with van der Waals surface area (Å²) in [5.74, 6) is 2.73. The Bertz CT molecular complexity index is 759. The molecule has 0 bridgehead atoms. The molecule has 3 aromatic rings. The lowest BCUT2D eigenvalue weighted by molar-refractivity contribution is 0.457. The Balaban J connectivity index is 2.09. The summed E-state index contributed by atoms with van der Waals surface area (Å²) in [6.45, 7) is 4.41. The fraction of sp³-hybridized carbons (Fsp3) is 0.286. The maximum Gasteiger partial charge on any atom is 0.214 e. The van der Waals surface area contributed by atoms with E-state index in [1.807, 2.05) is 13.8 Å². The number of nitrogens with zero attached hydrogens (tertiary/aromatic N) is 3. The van der Waals surface area contributed by atoms with E-state index in [-0.39, 0.29) is 0 Å². The van der Waals surface area contributed by atoms with Crippen molar-refractivity contribution >= 4 is 45.2 Å². The lowest BCUT2D eigenvalue weighted by Gasteiger charge is -2.04. The Morgan fingerprint density at radius 3 is 2.75 bits per heavy atom. The van der Waals surface area contributed by atoms with Gasteiger partial charge in [-0.25, -0.2) is 9.97 Å². The zero-order chi connectivity index (χ0) is 14.3. The molecule has 1 aromatic carbocycles. The Kier molecular flexibility index (Phi) is 3.72. The van der Waals surface area contributed by atoms with Crippen LogP contribution in [0.25, 0.3) is 11.0 Å². The van der Waals surface area contributed by atoms with E-state index < -0.39 is 0 Å². The lowest BCUT2D eigenvalue weighted by atomic mass is 10.3.